The molecule has 1 amide bonds. The van der Waals surface area contributed by atoms with E-state index in [1.165, 1.54) is 0 Å². The molecule has 20 heavy (non-hydrogen) atoms. The van der Waals surface area contributed by atoms with Crippen LogP contribution in [0.1, 0.15) is 37.7 Å². The molecule has 2 rings (SSSR count). The summed E-state index contributed by atoms with van der Waals surface area (Å²) in [5.74, 6) is -1.22. The van der Waals surface area contributed by atoms with Gasteiger partial charge in [-0.25, -0.2) is 4.98 Å². The zero-order valence-corrected chi connectivity index (χ0v) is 12.0. The quantitative estimate of drug-likeness (QED) is 0.837. The zero-order valence-electron chi connectivity index (χ0n) is 11.3. The molecule has 2 N–H and O–H groups in total. The van der Waals surface area contributed by atoms with E-state index < -0.39 is 11.4 Å². The lowest BCUT2D eigenvalue weighted by atomic mass is 9.82. The minimum absolute atomic E-state index is 0.0208. The summed E-state index contributed by atoms with van der Waals surface area (Å²) in [6, 6.07) is 1.74. The third-order valence-electron chi connectivity index (χ3n) is 3.89. The SMILES string of the molecule is Cc1ccnc(Cl)c1NC(=O)CC1(C(=O)O)CCCC1. The summed E-state index contributed by atoms with van der Waals surface area (Å²) in [7, 11) is 0. The molecule has 1 fully saturated rings. The van der Waals surface area contributed by atoms with Crippen molar-refractivity contribution in [3.05, 3.63) is 23.0 Å². The Hall–Kier alpha value is -1.62. The van der Waals surface area contributed by atoms with Gasteiger partial charge >= 0.3 is 5.97 Å². The second-order valence-corrected chi connectivity index (χ2v) is 5.67. The predicted octanol–water partition coefficient (Wildman–Crippen LogP) is 3.02. The Morgan fingerprint density at radius 2 is 2.10 bits per heavy atom. The number of rotatable bonds is 4. The molecule has 6 heteroatoms. The Bertz CT molecular complexity index is 519. The van der Waals surface area contributed by atoms with Gasteiger partial charge in [0.2, 0.25) is 5.91 Å². The van der Waals surface area contributed by atoms with Crippen molar-refractivity contribution in [1.82, 2.24) is 4.98 Å². The first kappa shape index (κ1) is 14.8. The van der Waals surface area contributed by atoms with Gasteiger partial charge in [-0.15, -0.1) is 0 Å². The van der Waals surface area contributed by atoms with Gasteiger partial charge in [0.1, 0.15) is 0 Å². The van der Waals surface area contributed by atoms with Crippen LogP contribution in [0.3, 0.4) is 0 Å². The smallest absolute Gasteiger partial charge is 0.310 e. The van der Waals surface area contributed by atoms with Crippen molar-refractivity contribution in [3.63, 3.8) is 0 Å². The molecule has 1 aliphatic rings. The van der Waals surface area contributed by atoms with E-state index in [0.717, 1.165) is 18.4 Å². The van der Waals surface area contributed by atoms with E-state index in [4.69, 9.17) is 11.6 Å². The lowest BCUT2D eigenvalue weighted by Crippen LogP contribution is -2.32. The number of nitrogens with zero attached hydrogens (tertiary/aromatic N) is 1. The molecular weight excluding hydrogens is 280 g/mol. The number of hydrogen-bond acceptors (Lipinski definition) is 3. The first-order valence-electron chi connectivity index (χ1n) is 6.59. The molecule has 0 unspecified atom stereocenters. The van der Waals surface area contributed by atoms with Gasteiger partial charge in [0.05, 0.1) is 11.1 Å². The van der Waals surface area contributed by atoms with E-state index >= 15 is 0 Å². The van der Waals surface area contributed by atoms with Gasteiger partial charge < -0.3 is 10.4 Å². The molecule has 1 heterocycles. The number of pyridine rings is 1. The number of aliphatic carboxylic acids is 1. The number of carboxylic acid groups (broad SMARTS) is 1. The summed E-state index contributed by atoms with van der Waals surface area (Å²) in [5, 5.41) is 12.3. The second kappa shape index (κ2) is 5.79. The number of carbonyl (C=O) groups excluding carboxylic acids is 1. The van der Waals surface area contributed by atoms with Gasteiger partial charge in [-0.3, -0.25) is 9.59 Å². The number of halogens is 1. The van der Waals surface area contributed by atoms with Crippen molar-refractivity contribution in [3.8, 4) is 0 Å². The van der Waals surface area contributed by atoms with Crippen molar-refractivity contribution < 1.29 is 14.7 Å². The molecule has 0 aromatic carbocycles. The molecule has 1 aromatic rings. The van der Waals surface area contributed by atoms with E-state index in [2.05, 4.69) is 10.3 Å². The standard InChI is InChI=1S/C14H17ClN2O3/c1-9-4-7-16-12(15)11(9)17-10(18)8-14(13(19)20)5-2-3-6-14/h4,7H,2-3,5-6,8H2,1H3,(H,17,18)(H,19,20). The summed E-state index contributed by atoms with van der Waals surface area (Å²) in [6.07, 6.45) is 4.35. The van der Waals surface area contributed by atoms with Gasteiger partial charge in [-0.2, -0.15) is 0 Å². The van der Waals surface area contributed by atoms with Crippen LogP contribution in [-0.4, -0.2) is 22.0 Å². The van der Waals surface area contributed by atoms with Crippen molar-refractivity contribution in [1.29, 1.82) is 0 Å². The molecule has 108 valence electrons. The van der Waals surface area contributed by atoms with Crippen LogP contribution < -0.4 is 5.32 Å². The zero-order chi connectivity index (χ0) is 14.8. The summed E-state index contributed by atoms with van der Waals surface area (Å²) in [5.41, 5.74) is 0.332. The third-order valence-corrected chi connectivity index (χ3v) is 4.18. The van der Waals surface area contributed by atoms with Crippen LogP contribution in [0.5, 0.6) is 0 Å². The van der Waals surface area contributed by atoms with Crippen LogP contribution in [-0.2, 0) is 9.59 Å². The van der Waals surface area contributed by atoms with Crippen molar-refractivity contribution in [2.45, 2.75) is 39.0 Å². The average molecular weight is 297 g/mol. The summed E-state index contributed by atoms with van der Waals surface area (Å²) in [6.45, 7) is 1.81. The summed E-state index contributed by atoms with van der Waals surface area (Å²) >= 11 is 5.95. The molecule has 1 saturated carbocycles. The van der Waals surface area contributed by atoms with Gasteiger partial charge in [-0.1, -0.05) is 24.4 Å². The molecule has 0 atom stereocenters. The van der Waals surface area contributed by atoms with Crippen molar-refractivity contribution in [2.24, 2.45) is 5.41 Å². The van der Waals surface area contributed by atoms with Crippen molar-refractivity contribution in [2.75, 3.05) is 5.32 Å². The normalized spacial score (nSPS) is 16.9. The molecule has 1 aromatic heterocycles. The number of aryl methyl sites for hydroxylation is 1. The summed E-state index contributed by atoms with van der Waals surface area (Å²) in [4.78, 5) is 27.5. The first-order chi connectivity index (χ1) is 9.44. The maximum atomic E-state index is 12.1. The number of carboxylic acids is 1. The molecule has 0 bridgehead atoms. The molecule has 1 aliphatic carbocycles. The summed E-state index contributed by atoms with van der Waals surface area (Å²) < 4.78 is 0. The number of carbonyl (C=O) groups is 2. The van der Waals surface area contributed by atoms with Gasteiger partial charge in [0, 0.05) is 12.6 Å². The lowest BCUT2D eigenvalue weighted by Gasteiger charge is -2.23. The Labute approximate surface area is 122 Å². The fourth-order valence-electron chi connectivity index (χ4n) is 2.68. The van der Waals surface area contributed by atoms with E-state index in [1.54, 1.807) is 12.3 Å². The Balaban J connectivity index is 2.11. The number of amides is 1. The number of hydrogen-bond donors (Lipinski definition) is 2. The van der Waals surface area contributed by atoms with Crippen LogP contribution in [0, 0.1) is 12.3 Å². The van der Waals surface area contributed by atoms with Gasteiger partial charge in [0.25, 0.3) is 0 Å². The van der Waals surface area contributed by atoms with Crippen LogP contribution in [0.15, 0.2) is 12.3 Å². The minimum atomic E-state index is -0.924. The van der Waals surface area contributed by atoms with Gasteiger partial charge in [-0.05, 0) is 31.4 Å². The molecule has 0 radical (unpaired) electrons. The van der Waals surface area contributed by atoms with E-state index in [0.29, 0.717) is 18.5 Å². The Kier molecular flexibility index (Phi) is 4.28. The monoisotopic (exact) mass is 296 g/mol. The highest BCUT2D eigenvalue weighted by Crippen LogP contribution is 2.41. The predicted molar refractivity (Wildman–Crippen MR) is 75.8 cm³/mol. The molecular formula is C14H17ClN2O3. The largest absolute Gasteiger partial charge is 0.481 e. The van der Waals surface area contributed by atoms with E-state index in [1.807, 2.05) is 6.92 Å². The van der Waals surface area contributed by atoms with Crippen LogP contribution in [0.25, 0.3) is 0 Å². The van der Waals surface area contributed by atoms with Crippen LogP contribution in [0.2, 0.25) is 5.15 Å². The van der Waals surface area contributed by atoms with E-state index in [9.17, 15) is 14.7 Å². The number of anilines is 1. The maximum absolute atomic E-state index is 12.1. The minimum Gasteiger partial charge on any atom is -0.481 e. The van der Waals surface area contributed by atoms with Crippen LogP contribution >= 0.6 is 11.6 Å². The third kappa shape index (κ3) is 2.93. The molecule has 0 spiro atoms. The highest BCUT2D eigenvalue weighted by Gasteiger charge is 2.43. The second-order valence-electron chi connectivity index (χ2n) is 5.31. The highest BCUT2D eigenvalue weighted by atomic mass is 35.5. The number of nitrogens with one attached hydrogen (secondary N) is 1. The Morgan fingerprint density at radius 1 is 1.45 bits per heavy atom. The van der Waals surface area contributed by atoms with Crippen molar-refractivity contribution >= 4 is 29.2 Å². The Morgan fingerprint density at radius 3 is 2.65 bits per heavy atom. The van der Waals surface area contributed by atoms with E-state index in [-0.39, 0.29) is 17.5 Å². The molecule has 0 aliphatic heterocycles. The van der Waals surface area contributed by atoms with Crippen LogP contribution in [0.4, 0.5) is 5.69 Å². The fraction of sp³-hybridized carbons (Fsp3) is 0.500. The fourth-order valence-corrected chi connectivity index (χ4v) is 2.94. The number of aromatic nitrogens is 1. The average Bonchev–Trinajstić information content (AvgIpc) is 2.84. The molecule has 0 saturated heterocycles. The lowest BCUT2D eigenvalue weighted by molar-refractivity contribution is -0.150. The highest BCUT2D eigenvalue weighted by molar-refractivity contribution is 6.32. The maximum Gasteiger partial charge on any atom is 0.310 e. The van der Waals surface area contributed by atoms with Gasteiger partial charge in [0.15, 0.2) is 5.15 Å². The topological polar surface area (TPSA) is 79.3 Å². The molecule has 5 nitrogen and oxygen atoms in total. The first-order valence-corrected chi connectivity index (χ1v) is 6.97.